The van der Waals surface area contributed by atoms with E-state index in [2.05, 4.69) is 20.6 Å². The Hall–Kier alpha value is -4.68. The number of carbonyl (C=O) groups is 1. The Morgan fingerprint density at radius 2 is 2.00 bits per heavy atom. The first-order valence-corrected chi connectivity index (χ1v) is 9.07. The van der Waals surface area contributed by atoms with E-state index >= 15 is 0 Å². The van der Waals surface area contributed by atoms with Crippen molar-refractivity contribution in [1.82, 2.24) is 20.2 Å². The summed E-state index contributed by atoms with van der Waals surface area (Å²) in [7, 11) is 1.48. The van der Waals surface area contributed by atoms with Gasteiger partial charge in [0.25, 0.3) is 11.6 Å². The summed E-state index contributed by atoms with van der Waals surface area (Å²) < 4.78 is 6.60. The van der Waals surface area contributed by atoms with Crippen LogP contribution >= 0.6 is 0 Å². The topological polar surface area (TPSA) is 168 Å². The molecule has 13 nitrogen and oxygen atoms in total. The summed E-state index contributed by atoms with van der Waals surface area (Å²) in [5.74, 6) is -0.593. The lowest BCUT2D eigenvalue weighted by Crippen LogP contribution is -2.17. The number of carbonyl (C=O) groups excluding carboxylic acids is 1. The molecule has 1 aromatic heterocycles. The van der Waals surface area contributed by atoms with Crippen molar-refractivity contribution in [2.75, 3.05) is 7.11 Å². The molecule has 0 saturated carbocycles. The van der Waals surface area contributed by atoms with Gasteiger partial charge in [-0.2, -0.15) is 9.78 Å². The number of ether oxygens (including phenoxy) is 1. The van der Waals surface area contributed by atoms with Gasteiger partial charge in [-0.3, -0.25) is 14.9 Å². The Morgan fingerprint density at radius 3 is 2.66 bits per heavy atom. The number of methoxy groups -OCH3 is 1. The molecule has 32 heavy (non-hydrogen) atoms. The van der Waals surface area contributed by atoms with E-state index in [0.29, 0.717) is 22.4 Å². The number of aryl methyl sites for hydroxylation is 1. The van der Waals surface area contributed by atoms with Crippen molar-refractivity contribution >= 4 is 23.8 Å². The van der Waals surface area contributed by atoms with Crippen LogP contribution in [-0.4, -0.2) is 43.8 Å². The quantitative estimate of drug-likeness (QED) is 0.316. The van der Waals surface area contributed by atoms with E-state index in [-0.39, 0.29) is 17.8 Å². The fraction of sp³-hybridized carbons (Fsp3) is 0.158. The molecule has 164 valence electrons. The molecule has 3 rings (SSSR count). The van der Waals surface area contributed by atoms with Crippen molar-refractivity contribution in [2.45, 2.75) is 13.5 Å². The summed E-state index contributed by atoms with van der Waals surface area (Å²) >= 11 is 0. The number of hydrazone groups is 1. The van der Waals surface area contributed by atoms with Crippen LogP contribution in [-0.2, 0) is 6.54 Å². The molecule has 13 heteroatoms. The number of nitro benzene ring substituents is 1. The third-order valence-corrected chi connectivity index (χ3v) is 4.37. The van der Waals surface area contributed by atoms with Crippen LogP contribution in [0.4, 0.5) is 11.6 Å². The third kappa shape index (κ3) is 5.08. The number of nitrogens with zero attached hydrogens (tertiary/aromatic N) is 6. The average molecular weight is 439 g/mol. The predicted octanol–water partition coefficient (Wildman–Crippen LogP) is 2.22. The maximum atomic E-state index is 12.2. The summed E-state index contributed by atoms with van der Waals surface area (Å²) in [5, 5.41) is 29.4. The molecule has 1 N–H and O–H groups in total. The summed E-state index contributed by atoms with van der Waals surface area (Å²) in [6, 6.07) is 9.21. The second-order valence-corrected chi connectivity index (χ2v) is 6.53. The summed E-state index contributed by atoms with van der Waals surface area (Å²) in [6.07, 6.45) is 2.62. The molecular weight excluding hydrogens is 422 g/mol. The summed E-state index contributed by atoms with van der Waals surface area (Å²) in [4.78, 5) is 36.4. The van der Waals surface area contributed by atoms with Gasteiger partial charge in [0.15, 0.2) is 0 Å². The monoisotopic (exact) mass is 439 g/mol. The molecule has 3 aromatic rings. The molecule has 0 unspecified atom stereocenters. The summed E-state index contributed by atoms with van der Waals surface area (Å²) in [6.45, 7) is 1.74. The number of nitro groups is 2. The molecule has 0 saturated heterocycles. The first-order chi connectivity index (χ1) is 15.3. The van der Waals surface area contributed by atoms with Crippen LogP contribution in [0.15, 0.2) is 47.8 Å². The van der Waals surface area contributed by atoms with E-state index in [1.54, 1.807) is 25.1 Å². The van der Waals surface area contributed by atoms with E-state index in [1.165, 1.54) is 42.5 Å². The minimum atomic E-state index is -0.692. The lowest BCUT2D eigenvalue weighted by Gasteiger charge is -2.08. The Morgan fingerprint density at radius 1 is 1.22 bits per heavy atom. The largest absolute Gasteiger partial charge is 0.496 e. The molecule has 0 fully saturated rings. The zero-order valence-electron chi connectivity index (χ0n) is 17.0. The van der Waals surface area contributed by atoms with Gasteiger partial charge in [-0.15, -0.1) is 0 Å². The second-order valence-electron chi connectivity index (χ2n) is 6.53. The van der Waals surface area contributed by atoms with Crippen LogP contribution in [0.5, 0.6) is 5.75 Å². The van der Waals surface area contributed by atoms with Crippen LogP contribution < -0.4 is 10.2 Å². The van der Waals surface area contributed by atoms with Gasteiger partial charge in [-0.05, 0) is 41.7 Å². The van der Waals surface area contributed by atoms with Gasteiger partial charge in [0.1, 0.15) is 5.75 Å². The lowest BCUT2D eigenvalue weighted by molar-refractivity contribution is -0.394. The molecule has 2 aromatic carbocycles. The van der Waals surface area contributed by atoms with Gasteiger partial charge < -0.3 is 14.9 Å². The van der Waals surface area contributed by atoms with Crippen molar-refractivity contribution in [3.63, 3.8) is 0 Å². The van der Waals surface area contributed by atoms with Crippen molar-refractivity contribution in [3.8, 4) is 5.75 Å². The lowest BCUT2D eigenvalue weighted by atomic mass is 10.1. The van der Waals surface area contributed by atoms with Gasteiger partial charge in [-0.25, -0.2) is 5.43 Å². The number of benzene rings is 2. The van der Waals surface area contributed by atoms with Gasteiger partial charge >= 0.3 is 5.95 Å². The minimum absolute atomic E-state index is 0.0997. The van der Waals surface area contributed by atoms with E-state index < -0.39 is 21.7 Å². The first-order valence-electron chi connectivity index (χ1n) is 9.07. The number of hydrogen-bond donors (Lipinski definition) is 1. The molecular formula is C19H17N7O6. The summed E-state index contributed by atoms with van der Waals surface area (Å²) in [5.41, 5.74) is 3.96. The van der Waals surface area contributed by atoms with E-state index in [0.717, 1.165) is 0 Å². The highest BCUT2D eigenvalue weighted by molar-refractivity contribution is 5.95. The number of nitrogens with one attached hydrogen (secondary N) is 1. The van der Waals surface area contributed by atoms with Crippen LogP contribution in [0.3, 0.4) is 0 Å². The van der Waals surface area contributed by atoms with Gasteiger partial charge in [0, 0.05) is 27.9 Å². The molecule has 0 bridgehead atoms. The van der Waals surface area contributed by atoms with Crippen molar-refractivity contribution in [1.29, 1.82) is 0 Å². The highest BCUT2D eigenvalue weighted by Crippen LogP contribution is 2.21. The molecule has 1 heterocycles. The molecule has 0 spiro atoms. The minimum Gasteiger partial charge on any atom is -0.496 e. The first kappa shape index (κ1) is 22.0. The number of hydrogen-bond acceptors (Lipinski definition) is 9. The molecule has 0 atom stereocenters. The van der Waals surface area contributed by atoms with Gasteiger partial charge in [0.05, 0.1) is 24.8 Å². The molecule has 0 aliphatic rings. The number of amides is 1. The maximum Gasteiger partial charge on any atom is 0.490 e. The van der Waals surface area contributed by atoms with Gasteiger partial charge in [0.2, 0.25) is 6.33 Å². The Kier molecular flexibility index (Phi) is 6.48. The predicted molar refractivity (Wildman–Crippen MR) is 112 cm³/mol. The van der Waals surface area contributed by atoms with Crippen LogP contribution in [0.2, 0.25) is 0 Å². The fourth-order valence-electron chi connectivity index (χ4n) is 2.80. The molecule has 0 aliphatic heterocycles. The second kappa shape index (κ2) is 9.42. The zero-order chi connectivity index (χ0) is 23.3. The normalized spacial score (nSPS) is 10.8. The van der Waals surface area contributed by atoms with Crippen molar-refractivity contribution in [2.24, 2.45) is 5.10 Å². The van der Waals surface area contributed by atoms with Crippen molar-refractivity contribution in [3.05, 3.63) is 85.2 Å². The average Bonchev–Trinajstić information content (AvgIpc) is 3.23. The Bertz CT molecular complexity index is 1220. The fourth-order valence-corrected chi connectivity index (χ4v) is 2.80. The SMILES string of the molecule is COc1ccc(/C=N\NC(=O)c2ccc(C)c([N+](=O)[O-])c2)cc1Cn1cnc([N+](=O)[O-])n1. The van der Waals surface area contributed by atoms with Gasteiger partial charge in [-0.1, -0.05) is 11.1 Å². The van der Waals surface area contributed by atoms with E-state index in [1.807, 2.05) is 0 Å². The highest BCUT2D eigenvalue weighted by Gasteiger charge is 2.16. The highest BCUT2D eigenvalue weighted by atomic mass is 16.6. The standard InChI is InChI=1S/C19H17N7O6/c1-12-3-5-14(8-16(12)25(28)29)18(27)22-21-9-13-4-6-17(32-2)15(7-13)10-24-11-20-19(23-24)26(30)31/h3-9,11H,10H2,1-2H3,(H,22,27)/b21-9-. The smallest absolute Gasteiger partial charge is 0.490 e. The molecule has 0 radical (unpaired) electrons. The molecule has 0 aliphatic carbocycles. The number of aromatic nitrogens is 3. The van der Waals surface area contributed by atoms with Crippen LogP contribution in [0.1, 0.15) is 27.0 Å². The van der Waals surface area contributed by atoms with E-state index in [4.69, 9.17) is 4.74 Å². The van der Waals surface area contributed by atoms with Crippen LogP contribution in [0, 0.1) is 27.2 Å². The maximum absolute atomic E-state index is 12.2. The molecule has 1 amide bonds. The van der Waals surface area contributed by atoms with E-state index in [9.17, 15) is 25.0 Å². The third-order valence-electron chi connectivity index (χ3n) is 4.37. The zero-order valence-corrected chi connectivity index (χ0v) is 17.0. The Labute approximate surface area is 180 Å². The number of rotatable bonds is 8. The van der Waals surface area contributed by atoms with Crippen molar-refractivity contribution < 1.29 is 19.4 Å². The van der Waals surface area contributed by atoms with Crippen LogP contribution in [0.25, 0.3) is 0 Å². The Balaban J connectivity index is 1.73.